The van der Waals surface area contributed by atoms with Crippen molar-refractivity contribution in [1.82, 2.24) is 4.90 Å². The van der Waals surface area contributed by atoms with Crippen LogP contribution in [0.1, 0.15) is 16.5 Å². The van der Waals surface area contributed by atoms with E-state index in [0.29, 0.717) is 6.54 Å². The van der Waals surface area contributed by atoms with E-state index >= 15 is 0 Å². The maximum absolute atomic E-state index is 14.0. The molecule has 3 rings (SSSR count). The Kier molecular flexibility index (Phi) is 4.11. The lowest BCUT2D eigenvalue weighted by Crippen LogP contribution is -2.28. The van der Waals surface area contributed by atoms with Gasteiger partial charge in [0, 0.05) is 12.1 Å². The highest BCUT2D eigenvalue weighted by Crippen LogP contribution is 2.41. The zero-order chi connectivity index (χ0) is 15.7. The van der Waals surface area contributed by atoms with Gasteiger partial charge in [-0.25, -0.2) is 13.2 Å². The smallest absolute Gasteiger partial charge is 0.234 e. The number of rotatable bonds is 3. The van der Waals surface area contributed by atoms with Crippen LogP contribution >= 0.6 is 11.8 Å². The fourth-order valence-electron chi connectivity index (χ4n) is 2.39. The van der Waals surface area contributed by atoms with E-state index in [1.807, 2.05) is 30.3 Å². The molecule has 22 heavy (non-hydrogen) atoms. The Balaban J connectivity index is 1.92. The number of carbonyl (C=O) groups excluding carboxylic acids is 1. The van der Waals surface area contributed by atoms with Gasteiger partial charge in [0.15, 0.2) is 17.5 Å². The van der Waals surface area contributed by atoms with E-state index in [4.69, 9.17) is 0 Å². The van der Waals surface area contributed by atoms with Crippen molar-refractivity contribution in [2.75, 3.05) is 5.75 Å². The molecule has 1 amide bonds. The minimum atomic E-state index is -1.50. The third kappa shape index (κ3) is 2.70. The van der Waals surface area contributed by atoms with Crippen molar-refractivity contribution in [3.63, 3.8) is 0 Å². The van der Waals surface area contributed by atoms with Crippen LogP contribution in [0.2, 0.25) is 0 Å². The van der Waals surface area contributed by atoms with Crippen molar-refractivity contribution >= 4 is 17.7 Å². The zero-order valence-corrected chi connectivity index (χ0v) is 12.2. The van der Waals surface area contributed by atoms with Crippen molar-refractivity contribution in [3.05, 3.63) is 71.0 Å². The predicted octanol–water partition coefficient (Wildman–Crippen LogP) is 3.88. The minimum Gasteiger partial charge on any atom is -0.321 e. The van der Waals surface area contributed by atoms with Crippen LogP contribution in [-0.2, 0) is 11.3 Å². The van der Waals surface area contributed by atoms with E-state index in [1.54, 1.807) is 0 Å². The van der Waals surface area contributed by atoms with Gasteiger partial charge in [0.2, 0.25) is 5.91 Å². The summed E-state index contributed by atoms with van der Waals surface area (Å²) in [4.78, 5) is 13.5. The number of halogens is 3. The second kappa shape index (κ2) is 6.04. The van der Waals surface area contributed by atoms with Crippen LogP contribution in [0.3, 0.4) is 0 Å². The van der Waals surface area contributed by atoms with E-state index in [9.17, 15) is 18.0 Å². The molecule has 1 unspecified atom stereocenters. The summed E-state index contributed by atoms with van der Waals surface area (Å²) in [7, 11) is 0. The lowest BCUT2D eigenvalue weighted by atomic mass is 10.1. The molecule has 6 heteroatoms. The monoisotopic (exact) mass is 323 g/mol. The third-order valence-corrected chi connectivity index (χ3v) is 4.73. The van der Waals surface area contributed by atoms with Crippen LogP contribution in [0, 0.1) is 17.5 Å². The van der Waals surface area contributed by atoms with Crippen LogP contribution in [0.4, 0.5) is 13.2 Å². The second-order valence-electron chi connectivity index (χ2n) is 4.94. The van der Waals surface area contributed by atoms with Gasteiger partial charge in [0.25, 0.3) is 0 Å². The van der Waals surface area contributed by atoms with Crippen molar-refractivity contribution in [2.24, 2.45) is 0 Å². The standard InChI is InChI=1S/C16H12F3NOS/c17-12-7-6-11(14(18)15(12)19)16-20(13(21)9-22-16)8-10-4-2-1-3-5-10/h1-7,16H,8-9H2. The zero-order valence-electron chi connectivity index (χ0n) is 11.4. The summed E-state index contributed by atoms with van der Waals surface area (Å²) in [5.41, 5.74) is 0.886. The molecule has 2 nitrogen and oxygen atoms in total. The number of hydrogen-bond acceptors (Lipinski definition) is 2. The van der Waals surface area contributed by atoms with Crippen LogP contribution in [-0.4, -0.2) is 16.6 Å². The summed E-state index contributed by atoms with van der Waals surface area (Å²) in [5.74, 6) is -3.92. The van der Waals surface area contributed by atoms with E-state index in [2.05, 4.69) is 0 Å². The Hall–Kier alpha value is -1.95. The van der Waals surface area contributed by atoms with Gasteiger partial charge in [0.1, 0.15) is 5.37 Å². The number of benzene rings is 2. The summed E-state index contributed by atoms with van der Waals surface area (Å²) in [6, 6.07) is 11.3. The highest BCUT2D eigenvalue weighted by molar-refractivity contribution is 8.00. The third-order valence-electron chi connectivity index (χ3n) is 3.49. The largest absolute Gasteiger partial charge is 0.321 e. The molecule has 1 atom stereocenters. The molecule has 114 valence electrons. The van der Waals surface area contributed by atoms with Gasteiger partial charge in [-0.2, -0.15) is 0 Å². The number of nitrogens with zero attached hydrogens (tertiary/aromatic N) is 1. The first-order valence-corrected chi connectivity index (χ1v) is 7.71. The average Bonchev–Trinajstić information content (AvgIpc) is 2.87. The van der Waals surface area contributed by atoms with Crippen molar-refractivity contribution in [2.45, 2.75) is 11.9 Å². The van der Waals surface area contributed by atoms with Crippen molar-refractivity contribution in [1.29, 1.82) is 0 Å². The van der Waals surface area contributed by atoms with E-state index in [0.717, 1.165) is 11.6 Å². The molecule has 1 saturated heterocycles. The quantitative estimate of drug-likeness (QED) is 0.799. The van der Waals surface area contributed by atoms with E-state index in [-0.39, 0.29) is 17.2 Å². The van der Waals surface area contributed by atoms with Crippen LogP contribution in [0.25, 0.3) is 0 Å². The Morgan fingerprint density at radius 1 is 1.05 bits per heavy atom. The molecule has 1 heterocycles. The topological polar surface area (TPSA) is 20.3 Å². The molecule has 1 aliphatic heterocycles. The predicted molar refractivity (Wildman–Crippen MR) is 78.5 cm³/mol. The van der Waals surface area contributed by atoms with Crippen molar-refractivity contribution < 1.29 is 18.0 Å². The van der Waals surface area contributed by atoms with Gasteiger partial charge < -0.3 is 4.90 Å². The molecule has 1 fully saturated rings. The van der Waals surface area contributed by atoms with Crippen LogP contribution in [0.5, 0.6) is 0 Å². The Morgan fingerprint density at radius 2 is 1.77 bits per heavy atom. The number of amides is 1. The average molecular weight is 323 g/mol. The highest BCUT2D eigenvalue weighted by atomic mass is 32.2. The number of thioether (sulfide) groups is 1. The molecule has 1 aliphatic rings. The SMILES string of the molecule is O=C1CSC(c2ccc(F)c(F)c2F)N1Cc1ccccc1. The summed E-state index contributed by atoms with van der Waals surface area (Å²) in [6.07, 6.45) is 0. The Labute approximate surface area is 129 Å². The molecule has 0 aliphatic carbocycles. The number of hydrogen-bond donors (Lipinski definition) is 0. The molecule has 0 radical (unpaired) electrons. The van der Waals surface area contributed by atoms with Crippen molar-refractivity contribution in [3.8, 4) is 0 Å². The second-order valence-corrected chi connectivity index (χ2v) is 6.00. The molecule has 2 aromatic rings. The number of carbonyl (C=O) groups is 1. The molecular formula is C16H12F3NOS. The summed E-state index contributed by atoms with van der Waals surface area (Å²) in [5, 5.41) is -0.650. The van der Waals surface area contributed by atoms with E-state index in [1.165, 1.54) is 22.7 Å². The molecular weight excluding hydrogens is 311 g/mol. The molecule has 0 spiro atoms. The van der Waals surface area contributed by atoms with Gasteiger partial charge in [-0.05, 0) is 11.6 Å². The summed E-state index contributed by atoms with van der Waals surface area (Å²) < 4.78 is 40.5. The van der Waals surface area contributed by atoms with Gasteiger partial charge >= 0.3 is 0 Å². The molecule has 0 aromatic heterocycles. The molecule has 0 bridgehead atoms. The lowest BCUT2D eigenvalue weighted by Gasteiger charge is -2.24. The summed E-state index contributed by atoms with van der Waals surface area (Å²) >= 11 is 1.21. The van der Waals surface area contributed by atoms with E-state index < -0.39 is 22.8 Å². The molecule has 0 N–H and O–H groups in total. The highest BCUT2D eigenvalue weighted by Gasteiger charge is 2.35. The van der Waals surface area contributed by atoms with Gasteiger partial charge in [-0.3, -0.25) is 4.79 Å². The first kappa shape index (κ1) is 15.0. The van der Waals surface area contributed by atoms with Crippen LogP contribution in [0.15, 0.2) is 42.5 Å². The first-order chi connectivity index (χ1) is 10.6. The first-order valence-electron chi connectivity index (χ1n) is 6.66. The minimum absolute atomic E-state index is 0.00863. The molecule has 0 saturated carbocycles. The molecule has 2 aromatic carbocycles. The Morgan fingerprint density at radius 3 is 2.50 bits per heavy atom. The summed E-state index contributed by atoms with van der Waals surface area (Å²) in [6.45, 7) is 0.301. The van der Waals surface area contributed by atoms with Gasteiger partial charge in [0.05, 0.1) is 5.75 Å². The Bertz CT molecular complexity index is 708. The van der Waals surface area contributed by atoms with Crippen LogP contribution < -0.4 is 0 Å². The lowest BCUT2D eigenvalue weighted by molar-refractivity contribution is -0.128. The maximum atomic E-state index is 14.0. The van der Waals surface area contributed by atoms with Gasteiger partial charge in [-0.15, -0.1) is 11.8 Å². The fourth-order valence-corrected chi connectivity index (χ4v) is 3.59. The normalized spacial score (nSPS) is 18.0. The van der Waals surface area contributed by atoms with Gasteiger partial charge in [-0.1, -0.05) is 36.4 Å². The maximum Gasteiger partial charge on any atom is 0.234 e. The fraction of sp³-hybridized carbons (Fsp3) is 0.188.